The number of halogens is 1. The molecule has 0 radical (unpaired) electrons. The van der Waals surface area contributed by atoms with Crippen LogP contribution in [0.15, 0.2) is 4.99 Å². The highest BCUT2D eigenvalue weighted by molar-refractivity contribution is 14.0. The lowest BCUT2D eigenvalue weighted by molar-refractivity contribution is 0.240. The molecule has 0 aromatic heterocycles. The second-order valence-corrected chi connectivity index (χ2v) is 4.68. The number of rotatable bonds is 3. The van der Waals surface area contributed by atoms with Gasteiger partial charge in [-0.1, -0.05) is 13.8 Å². The van der Waals surface area contributed by atoms with E-state index in [-0.39, 0.29) is 36.5 Å². The molecular weight excluding hydrogens is 317 g/mol. The number of hydrogen-bond donors (Lipinski definition) is 2. The lowest BCUT2D eigenvalue weighted by atomic mass is 10.0. The van der Waals surface area contributed by atoms with Crippen molar-refractivity contribution < 1.29 is 5.11 Å². The lowest BCUT2D eigenvalue weighted by Gasteiger charge is -2.31. The van der Waals surface area contributed by atoms with Crippen LogP contribution < -0.4 is 5.73 Å². The molecule has 96 valence electrons. The van der Waals surface area contributed by atoms with Crippen molar-refractivity contribution in [2.45, 2.75) is 26.7 Å². The zero-order valence-corrected chi connectivity index (χ0v) is 12.6. The number of aliphatic imine (C=N–C) groups is 1. The third-order valence-corrected chi connectivity index (χ3v) is 2.86. The summed E-state index contributed by atoms with van der Waals surface area (Å²) in [6.07, 6.45) is 2.49. The molecule has 1 aliphatic rings. The Hall–Kier alpha value is -0.0400. The topological polar surface area (TPSA) is 61.9 Å². The summed E-state index contributed by atoms with van der Waals surface area (Å²) in [5.41, 5.74) is 5.91. The molecule has 1 heterocycles. The van der Waals surface area contributed by atoms with E-state index < -0.39 is 0 Å². The van der Waals surface area contributed by atoms with Crippen molar-refractivity contribution in [1.29, 1.82) is 0 Å². The van der Waals surface area contributed by atoms with E-state index in [1.54, 1.807) is 0 Å². The predicted octanol–water partition coefficient (Wildman–Crippen LogP) is 1.28. The molecule has 1 rings (SSSR count). The zero-order valence-electron chi connectivity index (χ0n) is 10.2. The Balaban J connectivity index is 0.00000225. The van der Waals surface area contributed by atoms with Gasteiger partial charge in [0.15, 0.2) is 5.96 Å². The SMILES string of the molecule is CC(CO)CN=C(N)N1CCCC(C)C1.I. The van der Waals surface area contributed by atoms with Crippen molar-refractivity contribution in [3.05, 3.63) is 0 Å². The average molecular weight is 341 g/mol. The summed E-state index contributed by atoms with van der Waals surface area (Å²) >= 11 is 0. The molecule has 0 aromatic carbocycles. The number of hydrogen-bond acceptors (Lipinski definition) is 2. The molecular formula is C11H24IN3O. The van der Waals surface area contributed by atoms with Gasteiger partial charge in [-0.25, -0.2) is 0 Å². The Labute approximate surface area is 115 Å². The van der Waals surface area contributed by atoms with Crippen molar-refractivity contribution in [3.63, 3.8) is 0 Å². The summed E-state index contributed by atoms with van der Waals surface area (Å²) in [5.74, 6) is 1.55. The lowest BCUT2D eigenvalue weighted by Crippen LogP contribution is -2.43. The maximum absolute atomic E-state index is 8.88. The number of aliphatic hydroxyl groups excluding tert-OH is 1. The van der Waals surface area contributed by atoms with Gasteiger partial charge in [-0.3, -0.25) is 4.99 Å². The fraction of sp³-hybridized carbons (Fsp3) is 0.909. The van der Waals surface area contributed by atoms with Gasteiger partial charge in [0.1, 0.15) is 0 Å². The molecule has 1 saturated heterocycles. The fourth-order valence-electron chi connectivity index (χ4n) is 1.80. The van der Waals surface area contributed by atoms with Crippen LogP contribution in [0.1, 0.15) is 26.7 Å². The largest absolute Gasteiger partial charge is 0.396 e. The van der Waals surface area contributed by atoms with Gasteiger partial charge in [0.05, 0.1) is 0 Å². The molecule has 5 heteroatoms. The molecule has 0 aliphatic carbocycles. The van der Waals surface area contributed by atoms with E-state index in [0.29, 0.717) is 18.4 Å². The van der Waals surface area contributed by atoms with E-state index in [0.717, 1.165) is 13.1 Å². The van der Waals surface area contributed by atoms with Crippen LogP contribution in [0.4, 0.5) is 0 Å². The van der Waals surface area contributed by atoms with Gasteiger partial charge in [0.2, 0.25) is 0 Å². The van der Waals surface area contributed by atoms with Gasteiger partial charge in [0, 0.05) is 26.2 Å². The highest BCUT2D eigenvalue weighted by atomic mass is 127. The zero-order chi connectivity index (χ0) is 11.3. The molecule has 3 N–H and O–H groups in total. The Bertz CT molecular complexity index is 223. The van der Waals surface area contributed by atoms with Crippen molar-refractivity contribution >= 4 is 29.9 Å². The van der Waals surface area contributed by atoms with E-state index in [1.807, 2.05) is 6.92 Å². The number of piperidine rings is 1. The Morgan fingerprint density at radius 1 is 1.62 bits per heavy atom. The fourth-order valence-corrected chi connectivity index (χ4v) is 1.80. The average Bonchev–Trinajstić information content (AvgIpc) is 2.25. The number of nitrogens with zero attached hydrogens (tertiary/aromatic N) is 2. The molecule has 2 atom stereocenters. The Morgan fingerprint density at radius 3 is 2.88 bits per heavy atom. The van der Waals surface area contributed by atoms with Crippen LogP contribution in [-0.2, 0) is 0 Å². The number of guanidine groups is 1. The quantitative estimate of drug-likeness (QED) is 0.462. The van der Waals surface area contributed by atoms with E-state index in [1.165, 1.54) is 12.8 Å². The minimum Gasteiger partial charge on any atom is -0.396 e. The van der Waals surface area contributed by atoms with Crippen molar-refractivity contribution in [1.82, 2.24) is 4.90 Å². The Morgan fingerprint density at radius 2 is 2.31 bits per heavy atom. The second-order valence-electron chi connectivity index (χ2n) is 4.68. The first kappa shape index (κ1) is 16.0. The highest BCUT2D eigenvalue weighted by Crippen LogP contribution is 2.14. The molecule has 0 saturated carbocycles. The summed E-state index contributed by atoms with van der Waals surface area (Å²) in [6, 6.07) is 0. The van der Waals surface area contributed by atoms with Gasteiger partial charge in [0.25, 0.3) is 0 Å². The van der Waals surface area contributed by atoms with Crippen LogP contribution in [-0.4, -0.2) is 42.2 Å². The smallest absolute Gasteiger partial charge is 0.191 e. The summed E-state index contributed by atoms with van der Waals surface area (Å²) in [7, 11) is 0. The number of aliphatic hydroxyl groups is 1. The van der Waals surface area contributed by atoms with Crippen LogP contribution in [0.3, 0.4) is 0 Å². The van der Waals surface area contributed by atoms with Crippen LogP contribution >= 0.6 is 24.0 Å². The summed E-state index contributed by atoms with van der Waals surface area (Å²) in [5, 5.41) is 8.88. The van der Waals surface area contributed by atoms with Crippen LogP contribution in [0.5, 0.6) is 0 Å². The van der Waals surface area contributed by atoms with Gasteiger partial charge >= 0.3 is 0 Å². The first-order valence-electron chi connectivity index (χ1n) is 5.79. The Kier molecular flexibility index (Phi) is 8.09. The highest BCUT2D eigenvalue weighted by Gasteiger charge is 2.17. The van der Waals surface area contributed by atoms with Gasteiger partial charge in [-0.05, 0) is 24.7 Å². The molecule has 2 unspecified atom stereocenters. The van der Waals surface area contributed by atoms with E-state index >= 15 is 0 Å². The molecule has 0 spiro atoms. The maximum Gasteiger partial charge on any atom is 0.191 e. The van der Waals surface area contributed by atoms with Crippen molar-refractivity contribution in [2.75, 3.05) is 26.2 Å². The molecule has 16 heavy (non-hydrogen) atoms. The molecule has 0 amide bonds. The molecule has 1 aliphatic heterocycles. The monoisotopic (exact) mass is 341 g/mol. The van der Waals surface area contributed by atoms with Crippen molar-refractivity contribution in [2.24, 2.45) is 22.6 Å². The third kappa shape index (κ3) is 5.34. The minimum atomic E-state index is 0. The normalized spacial score (nSPS) is 23.8. The van der Waals surface area contributed by atoms with Crippen LogP contribution in [0.25, 0.3) is 0 Å². The van der Waals surface area contributed by atoms with Gasteiger partial charge in [-0.2, -0.15) is 0 Å². The molecule has 4 nitrogen and oxygen atoms in total. The van der Waals surface area contributed by atoms with E-state index in [4.69, 9.17) is 10.8 Å². The first-order chi connectivity index (χ1) is 7.13. The van der Waals surface area contributed by atoms with Crippen LogP contribution in [0, 0.1) is 11.8 Å². The van der Waals surface area contributed by atoms with E-state index in [2.05, 4.69) is 16.8 Å². The van der Waals surface area contributed by atoms with Gasteiger partial charge < -0.3 is 15.7 Å². The minimum absolute atomic E-state index is 0. The predicted molar refractivity (Wildman–Crippen MR) is 78.1 cm³/mol. The number of likely N-dealkylation sites (tertiary alicyclic amines) is 1. The van der Waals surface area contributed by atoms with Crippen LogP contribution in [0.2, 0.25) is 0 Å². The summed E-state index contributed by atoms with van der Waals surface area (Å²) < 4.78 is 0. The molecule has 0 aromatic rings. The summed E-state index contributed by atoms with van der Waals surface area (Å²) in [6.45, 7) is 7.04. The first-order valence-corrected chi connectivity index (χ1v) is 5.79. The standard InChI is InChI=1S/C11H23N3O.HI/c1-9-4-3-5-14(7-9)11(12)13-6-10(2)8-15;/h9-10,15H,3-8H2,1-2H3,(H2,12,13);1H. The summed E-state index contributed by atoms with van der Waals surface area (Å²) in [4.78, 5) is 6.46. The van der Waals surface area contributed by atoms with Crippen molar-refractivity contribution in [3.8, 4) is 0 Å². The van der Waals surface area contributed by atoms with Gasteiger partial charge in [-0.15, -0.1) is 24.0 Å². The number of nitrogens with two attached hydrogens (primary N) is 1. The second kappa shape index (κ2) is 8.11. The third-order valence-electron chi connectivity index (χ3n) is 2.86. The van der Waals surface area contributed by atoms with E-state index in [9.17, 15) is 0 Å². The molecule has 1 fully saturated rings. The maximum atomic E-state index is 8.88. The molecule has 0 bridgehead atoms.